The summed E-state index contributed by atoms with van der Waals surface area (Å²) >= 11 is 6.16. The van der Waals surface area contributed by atoms with Crippen LogP contribution in [-0.2, 0) is 12.7 Å². The predicted molar refractivity (Wildman–Crippen MR) is 99.0 cm³/mol. The topological polar surface area (TPSA) is 85.8 Å². The SMILES string of the molecule is O=c1nc(NCc2ccno2)c2ccc(C(F)(F)F)nc2n1-c1ccccc1Cl. The molecule has 3 heterocycles. The molecule has 0 fully saturated rings. The van der Waals surface area contributed by atoms with E-state index in [1.807, 2.05) is 0 Å². The maximum Gasteiger partial charge on any atom is 0.433 e. The van der Waals surface area contributed by atoms with Gasteiger partial charge in [-0.1, -0.05) is 28.9 Å². The minimum atomic E-state index is -4.69. The second-order valence-corrected chi connectivity index (χ2v) is 6.33. The molecule has 0 aliphatic heterocycles. The number of pyridine rings is 1. The van der Waals surface area contributed by atoms with E-state index in [2.05, 4.69) is 20.4 Å². The molecule has 0 aliphatic carbocycles. The predicted octanol–water partition coefficient (Wildman–Crippen LogP) is 4.05. The summed E-state index contributed by atoms with van der Waals surface area (Å²) in [5, 5.41) is 6.80. The summed E-state index contributed by atoms with van der Waals surface area (Å²) in [6.07, 6.45) is -3.25. The van der Waals surface area contributed by atoms with Crippen molar-refractivity contribution in [2.24, 2.45) is 0 Å². The first-order chi connectivity index (χ1) is 13.8. The van der Waals surface area contributed by atoms with Crippen molar-refractivity contribution in [3.63, 3.8) is 0 Å². The zero-order chi connectivity index (χ0) is 20.6. The summed E-state index contributed by atoms with van der Waals surface area (Å²) in [4.78, 5) is 20.4. The summed E-state index contributed by atoms with van der Waals surface area (Å²) < 4.78 is 45.6. The molecule has 0 radical (unpaired) electrons. The van der Waals surface area contributed by atoms with Gasteiger partial charge in [-0.25, -0.2) is 14.3 Å². The van der Waals surface area contributed by atoms with Gasteiger partial charge in [0, 0.05) is 6.07 Å². The first-order valence-electron chi connectivity index (χ1n) is 8.24. The van der Waals surface area contributed by atoms with Gasteiger partial charge in [-0.2, -0.15) is 18.2 Å². The number of para-hydroxylation sites is 1. The molecule has 4 aromatic rings. The van der Waals surface area contributed by atoms with Crippen LogP contribution in [0, 0.1) is 0 Å². The highest BCUT2D eigenvalue weighted by atomic mass is 35.5. The standard InChI is InChI=1S/C18H11ClF3N5O2/c19-12-3-1-2-4-13(12)27-16-11(5-6-14(25-16)18(20,21)22)15(26-17(27)28)23-9-10-7-8-24-29-10/h1-8H,9H2,(H,23,26,28). The highest BCUT2D eigenvalue weighted by molar-refractivity contribution is 6.32. The summed E-state index contributed by atoms with van der Waals surface area (Å²) in [5.74, 6) is 0.515. The summed E-state index contributed by atoms with van der Waals surface area (Å²) in [6.45, 7) is 0.124. The molecule has 148 valence electrons. The summed E-state index contributed by atoms with van der Waals surface area (Å²) in [5.41, 5.74) is -2.03. The summed E-state index contributed by atoms with van der Waals surface area (Å²) in [7, 11) is 0. The van der Waals surface area contributed by atoms with Crippen LogP contribution in [0.3, 0.4) is 0 Å². The number of anilines is 1. The van der Waals surface area contributed by atoms with E-state index >= 15 is 0 Å². The Hall–Kier alpha value is -3.40. The largest absolute Gasteiger partial charge is 0.433 e. The number of benzene rings is 1. The number of alkyl halides is 3. The summed E-state index contributed by atoms with van der Waals surface area (Å²) in [6, 6.07) is 9.86. The van der Waals surface area contributed by atoms with Crippen molar-refractivity contribution in [3.8, 4) is 5.69 Å². The number of nitrogens with one attached hydrogen (secondary N) is 1. The molecular weight excluding hydrogens is 411 g/mol. The maximum atomic E-state index is 13.2. The van der Waals surface area contributed by atoms with Crippen LogP contribution < -0.4 is 11.0 Å². The molecule has 1 aromatic carbocycles. The minimum Gasteiger partial charge on any atom is -0.362 e. The highest BCUT2D eigenvalue weighted by Gasteiger charge is 2.33. The third-order valence-corrected chi connectivity index (χ3v) is 4.37. The van der Waals surface area contributed by atoms with Crippen LogP contribution in [0.15, 0.2) is 58.0 Å². The molecule has 7 nitrogen and oxygen atoms in total. The number of rotatable bonds is 4. The van der Waals surface area contributed by atoms with E-state index in [1.54, 1.807) is 18.2 Å². The smallest absolute Gasteiger partial charge is 0.362 e. The van der Waals surface area contributed by atoms with Crippen molar-refractivity contribution in [2.75, 3.05) is 5.32 Å². The van der Waals surface area contributed by atoms with Gasteiger partial charge in [0.25, 0.3) is 0 Å². The first-order valence-corrected chi connectivity index (χ1v) is 8.62. The Labute approximate surface area is 165 Å². The molecular formula is C18H11ClF3N5O2. The van der Waals surface area contributed by atoms with Gasteiger partial charge in [-0.05, 0) is 24.3 Å². The monoisotopic (exact) mass is 421 g/mol. The van der Waals surface area contributed by atoms with Gasteiger partial charge in [-0.15, -0.1) is 0 Å². The Balaban J connectivity index is 1.95. The van der Waals surface area contributed by atoms with E-state index in [-0.39, 0.29) is 34.1 Å². The van der Waals surface area contributed by atoms with Crippen molar-refractivity contribution < 1.29 is 17.7 Å². The first kappa shape index (κ1) is 18.9. The Morgan fingerprint density at radius 2 is 1.90 bits per heavy atom. The van der Waals surface area contributed by atoms with Gasteiger partial charge < -0.3 is 9.84 Å². The Kier molecular flexibility index (Phi) is 4.71. The highest BCUT2D eigenvalue weighted by Crippen LogP contribution is 2.31. The van der Waals surface area contributed by atoms with E-state index in [0.717, 1.165) is 10.6 Å². The molecule has 0 saturated carbocycles. The molecule has 1 N–H and O–H groups in total. The molecule has 3 aromatic heterocycles. The molecule has 29 heavy (non-hydrogen) atoms. The average Bonchev–Trinajstić information content (AvgIpc) is 3.19. The van der Waals surface area contributed by atoms with Crippen LogP contribution in [0.4, 0.5) is 19.0 Å². The second-order valence-electron chi connectivity index (χ2n) is 5.93. The second kappa shape index (κ2) is 7.21. The van der Waals surface area contributed by atoms with Crippen molar-refractivity contribution in [1.82, 2.24) is 19.7 Å². The molecule has 0 saturated heterocycles. The van der Waals surface area contributed by atoms with Crippen LogP contribution in [0.2, 0.25) is 5.02 Å². The van der Waals surface area contributed by atoms with E-state index in [1.165, 1.54) is 24.4 Å². The van der Waals surface area contributed by atoms with Crippen molar-refractivity contribution in [3.05, 3.63) is 75.6 Å². The normalized spacial score (nSPS) is 11.7. The number of hydrogen-bond donors (Lipinski definition) is 1. The van der Waals surface area contributed by atoms with E-state index < -0.39 is 17.6 Å². The molecule has 4 rings (SSSR count). The lowest BCUT2D eigenvalue weighted by Crippen LogP contribution is -2.25. The lowest BCUT2D eigenvalue weighted by atomic mass is 10.2. The fourth-order valence-electron chi connectivity index (χ4n) is 2.75. The number of fused-ring (bicyclic) bond motifs is 1. The zero-order valence-corrected chi connectivity index (χ0v) is 15.2. The van der Waals surface area contributed by atoms with Crippen LogP contribution in [0.25, 0.3) is 16.7 Å². The van der Waals surface area contributed by atoms with Gasteiger partial charge in [0.2, 0.25) is 0 Å². The molecule has 11 heteroatoms. The molecule has 0 bridgehead atoms. The van der Waals surface area contributed by atoms with Gasteiger partial charge >= 0.3 is 11.9 Å². The van der Waals surface area contributed by atoms with Gasteiger partial charge in [0.05, 0.1) is 28.8 Å². The quantitative estimate of drug-likeness (QED) is 0.535. The third-order valence-electron chi connectivity index (χ3n) is 4.05. The lowest BCUT2D eigenvalue weighted by molar-refractivity contribution is -0.141. The van der Waals surface area contributed by atoms with Crippen LogP contribution in [0.1, 0.15) is 11.5 Å². The number of halogens is 4. The Bertz CT molecular complexity index is 1240. The van der Waals surface area contributed by atoms with Crippen molar-refractivity contribution in [2.45, 2.75) is 12.7 Å². The molecule has 0 unspecified atom stereocenters. The molecule has 0 atom stereocenters. The van der Waals surface area contributed by atoms with Crippen molar-refractivity contribution >= 4 is 28.5 Å². The van der Waals surface area contributed by atoms with E-state index in [9.17, 15) is 18.0 Å². The maximum absolute atomic E-state index is 13.2. The fourth-order valence-corrected chi connectivity index (χ4v) is 2.97. The fraction of sp³-hybridized carbons (Fsp3) is 0.111. The zero-order valence-electron chi connectivity index (χ0n) is 14.4. The molecule has 0 spiro atoms. The van der Waals surface area contributed by atoms with E-state index in [0.29, 0.717) is 5.76 Å². The van der Waals surface area contributed by atoms with Crippen LogP contribution >= 0.6 is 11.6 Å². The Morgan fingerprint density at radius 3 is 2.59 bits per heavy atom. The van der Waals surface area contributed by atoms with Crippen LogP contribution in [0.5, 0.6) is 0 Å². The third kappa shape index (κ3) is 3.66. The minimum absolute atomic E-state index is 0.0610. The van der Waals surface area contributed by atoms with Gasteiger partial charge in [0.15, 0.2) is 11.4 Å². The van der Waals surface area contributed by atoms with Crippen LogP contribution in [-0.4, -0.2) is 19.7 Å². The lowest BCUT2D eigenvalue weighted by Gasteiger charge is -2.15. The van der Waals surface area contributed by atoms with Gasteiger partial charge in [-0.3, -0.25) is 0 Å². The Morgan fingerprint density at radius 1 is 1.10 bits per heavy atom. The number of nitrogens with zero attached hydrogens (tertiary/aromatic N) is 4. The van der Waals surface area contributed by atoms with Gasteiger partial charge in [0.1, 0.15) is 11.5 Å². The van der Waals surface area contributed by atoms with E-state index in [4.69, 9.17) is 16.1 Å². The number of aromatic nitrogens is 4. The average molecular weight is 422 g/mol. The number of hydrogen-bond acceptors (Lipinski definition) is 6. The van der Waals surface area contributed by atoms with Crippen molar-refractivity contribution in [1.29, 1.82) is 0 Å². The molecule has 0 amide bonds. The molecule has 0 aliphatic rings.